The zero-order valence-electron chi connectivity index (χ0n) is 16.9. The summed E-state index contributed by atoms with van der Waals surface area (Å²) in [7, 11) is 0. The van der Waals surface area contributed by atoms with Crippen molar-refractivity contribution in [2.24, 2.45) is 0 Å². The summed E-state index contributed by atoms with van der Waals surface area (Å²) in [5.74, 6) is 0.0156. The number of rotatable bonds is 5. The van der Waals surface area contributed by atoms with Crippen LogP contribution in [0.2, 0.25) is 5.02 Å². The third-order valence-electron chi connectivity index (χ3n) is 4.83. The van der Waals surface area contributed by atoms with Crippen molar-refractivity contribution in [3.63, 3.8) is 0 Å². The lowest BCUT2D eigenvalue weighted by molar-refractivity contribution is 0.0967. The van der Waals surface area contributed by atoms with Gasteiger partial charge in [-0.05, 0) is 30.5 Å². The van der Waals surface area contributed by atoms with Gasteiger partial charge in [0.1, 0.15) is 5.75 Å². The van der Waals surface area contributed by atoms with Gasteiger partial charge in [-0.3, -0.25) is 15.4 Å². The van der Waals surface area contributed by atoms with Gasteiger partial charge in [0, 0.05) is 23.9 Å². The molecule has 2 N–H and O–H groups in total. The van der Waals surface area contributed by atoms with Crippen LogP contribution in [-0.2, 0) is 4.74 Å². The van der Waals surface area contributed by atoms with Gasteiger partial charge in [-0.25, -0.2) is 4.79 Å². The molecular weight excluding hydrogens is 438 g/mol. The van der Waals surface area contributed by atoms with E-state index in [1.165, 1.54) is 11.3 Å². The van der Waals surface area contributed by atoms with Gasteiger partial charge in [-0.1, -0.05) is 29.8 Å². The highest BCUT2D eigenvalue weighted by molar-refractivity contribution is 7.22. The molecule has 3 amide bonds. The zero-order chi connectivity index (χ0) is 21.8. The predicted octanol–water partition coefficient (Wildman–Crippen LogP) is 4.75. The molecule has 0 saturated carbocycles. The van der Waals surface area contributed by atoms with Crippen molar-refractivity contribution in [2.75, 3.05) is 43.1 Å². The number of imide groups is 1. The first-order valence-electron chi connectivity index (χ1n) is 9.95. The van der Waals surface area contributed by atoms with Crippen LogP contribution in [0.5, 0.6) is 5.75 Å². The number of anilines is 2. The molecule has 0 bridgehead atoms. The largest absolute Gasteiger partial charge is 0.492 e. The first kappa shape index (κ1) is 21.4. The van der Waals surface area contributed by atoms with E-state index >= 15 is 0 Å². The van der Waals surface area contributed by atoms with Gasteiger partial charge in [0.15, 0.2) is 0 Å². The third kappa shape index (κ3) is 4.92. The molecule has 7 nitrogen and oxygen atoms in total. The number of fused-ring (bicyclic) bond motifs is 1. The Hall–Kier alpha value is -2.81. The Morgan fingerprint density at radius 3 is 2.71 bits per heavy atom. The highest BCUT2D eigenvalue weighted by Gasteiger charge is 2.22. The number of benzene rings is 2. The number of thiophene rings is 1. The molecule has 2 aromatic carbocycles. The average Bonchev–Trinajstić information content (AvgIpc) is 3.16. The van der Waals surface area contributed by atoms with Crippen LogP contribution in [0, 0.1) is 0 Å². The maximum atomic E-state index is 12.8. The second kappa shape index (κ2) is 9.55. The van der Waals surface area contributed by atoms with E-state index in [4.69, 9.17) is 21.1 Å². The second-order valence-electron chi connectivity index (χ2n) is 6.89. The van der Waals surface area contributed by atoms with Crippen molar-refractivity contribution in [1.82, 2.24) is 5.32 Å². The zero-order valence-corrected chi connectivity index (χ0v) is 18.5. The molecule has 1 saturated heterocycles. The molecule has 2 heterocycles. The summed E-state index contributed by atoms with van der Waals surface area (Å²) in [5.41, 5.74) is 0.961. The topological polar surface area (TPSA) is 79.9 Å². The maximum Gasteiger partial charge on any atom is 0.326 e. The van der Waals surface area contributed by atoms with Crippen molar-refractivity contribution in [3.8, 4) is 5.75 Å². The molecule has 4 rings (SSSR count). The molecule has 0 aliphatic carbocycles. The maximum absolute atomic E-state index is 12.8. The number of urea groups is 1. The Balaban J connectivity index is 1.51. The number of carbonyl (C=O) groups is 2. The van der Waals surface area contributed by atoms with E-state index < -0.39 is 11.9 Å². The smallest absolute Gasteiger partial charge is 0.326 e. The molecule has 9 heteroatoms. The van der Waals surface area contributed by atoms with Gasteiger partial charge in [-0.2, -0.15) is 0 Å². The molecule has 31 heavy (non-hydrogen) atoms. The number of hydrogen-bond donors (Lipinski definition) is 2. The van der Waals surface area contributed by atoms with Crippen molar-refractivity contribution >= 4 is 55.7 Å². The molecule has 1 aliphatic rings. The van der Waals surface area contributed by atoms with Crippen LogP contribution < -0.4 is 20.3 Å². The monoisotopic (exact) mass is 459 g/mol. The molecule has 162 valence electrons. The molecular formula is C22H22ClN3O4S. The molecule has 3 aromatic rings. The molecule has 1 aliphatic heterocycles. The van der Waals surface area contributed by atoms with Crippen LogP contribution in [0.3, 0.4) is 0 Å². The van der Waals surface area contributed by atoms with Crippen molar-refractivity contribution < 1.29 is 19.1 Å². The number of amides is 3. The number of hydrogen-bond acceptors (Lipinski definition) is 6. The Morgan fingerprint density at radius 2 is 1.97 bits per heavy atom. The van der Waals surface area contributed by atoms with Crippen LogP contribution in [0.4, 0.5) is 15.5 Å². The summed E-state index contributed by atoms with van der Waals surface area (Å²) >= 11 is 7.79. The number of ether oxygens (including phenoxy) is 2. The highest BCUT2D eigenvalue weighted by atomic mass is 35.5. The number of halogens is 1. The second-order valence-corrected chi connectivity index (χ2v) is 8.38. The van der Waals surface area contributed by atoms with E-state index in [0.29, 0.717) is 43.7 Å². The minimum absolute atomic E-state index is 0.207. The predicted molar refractivity (Wildman–Crippen MR) is 124 cm³/mol. The Morgan fingerprint density at radius 1 is 1.19 bits per heavy atom. The summed E-state index contributed by atoms with van der Waals surface area (Å²) < 4.78 is 12.2. The van der Waals surface area contributed by atoms with E-state index in [9.17, 15) is 9.59 Å². The summed E-state index contributed by atoms with van der Waals surface area (Å²) in [5, 5.41) is 6.97. The molecule has 1 aromatic heterocycles. The standard InChI is InChI=1S/C22H22ClN3O4S/c1-2-30-18-13-16(23)15(12-17(18)26-7-9-29-10-8-26)21(27)25-22(28)24-20-11-14-5-3-4-6-19(14)31-20/h3-6,11-13H,2,7-10H2,1H3,(H2,24,25,27,28). The van der Waals surface area contributed by atoms with Crippen LogP contribution in [0.1, 0.15) is 17.3 Å². The van der Waals surface area contributed by atoms with E-state index in [0.717, 1.165) is 15.8 Å². The van der Waals surface area contributed by atoms with Crippen LogP contribution in [0.15, 0.2) is 42.5 Å². The molecule has 0 spiro atoms. The van der Waals surface area contributed by atoms with Crippen molar-refractivity contribution in [2.45, 2.75) is 6.92 Å². The fourth-order valence-electron chi connectivity index (χ4n) is 3.40. The first-order valence-corrected chi connectivity index (χ1v) is 11.1. The van der Waals surface area contributed by atoms with Crippen LogP contribution in [-0.4, -0.2) is 44.8 Å². The molecule has 0 unspecified atom stereocenters. The van der Waals surface area contributed by atoms with Crippen molar-refractivity contribution in [3.05, 3.63) is 53.1 Å². The lowest BCUT2D eigenvalue weighted by Gasteiger charge is -2.30. The summed E-state index contributed by atoms with van der Waals surface area (Å²) in [6.07, 6.45) is 0. The minimum Gasteiger partial charge on any atom is -0.492 e. The van der Waals surface area contributed by atoms with Gasteiger partial charge < -0.3 is 14.4 Å². The van der Waals surface area contributed by atoms with E-state index in [-0.39, 0.29) is 10.6 Å². The fourth-order valence-corrected chi connectivity index (χ4v) is 4.59. The third-order valence-corrected chi connectivity index (χ3v) is 6.18. The van der Waals surface area contributed by atoms with Gasteiger partial charge in [0.2, 0.25) is 0 Å². The lowest BCUT2D eigenvalue weighted by atomic mass is 10.1. The first-order chi connectivity index (χ1) is 15.0. The Kier molecular flexibility index (Phi) is 6.60. The summed E-state index contributed by atoms with van der Waals surface area (Å²) in [6, 6.07) is 12.3. The quantitative estimate of drug-likeness (QED) is 0.575. The van der Waals surface area contributed by atoms with E-state index in [1.54, 1.807) is 12.1 Å². The normalized spacial score (nSPS) is 13.8. The number of nitrogens with one attached hydrogen (secondary N) is 2. The van der Waals surface area contributed by atoms with Crippen molar-refractivity contribution in [1.29, 1.82) is 0 Å². The molecule has 0 radical (unpaired) electrons. The number of carbonyl (C=O) groups excluding carboxylic acids is 2. The SMILES string of the molecule is CCOc1cc(Cl)c(C(=O)NC(=O)Nc2cc3ccccc3s2)cc1N1CCOCC1. The van der Waals surface area contributed by atoms with Crippen LogP contribution >= 0.6 is 22.9 Å². The summed E-state index contributed by atoms with van der Waals surface area (Å²) in [6.45, 7) is 4.89. The number of morpholine rings is 1. The minimum atomic E-state index is -0.616. The molecule has 0 atom stereocenters. The van der Waals surface area contributed by atoms with Gasteiger partial charge in [0.25, 0.3) is 5.91 Å². The Bertz CT molecular complexity index is 1080. The van der Waals surface area contributed by atoms with Crippen LogP contribution in [0.25, 0.3) is 10.1 Å². The Labute approximate surface area is 188 Å². The van der Waals surface area contributed by atoms with Gasteiger partial charge in [0.05, 0.1) is 41.1 Å². The number of nitrogens with zero attached hydrogens (tertiary/aromatic N) is 1. The lowest BCUT2D eigenvalue weighted by Crippen LogP contribution is -2.37. The van der Waals surface area contributed by atoms with Gasteiger partial charge in [-0.15, -0.1) is 11.3 Å². The molecule has 1 fully saturated rings. The fraction of sp³-hybridized carbons (Fsp3) is 0.273. The van der Waals surface area contributed by atoms with Gasteiger partial charge >= 0.3 is 6.03 Å². The highest BCUT2D eigenvalue weighted by Crippen LogP contribution is 2.35. The van der Waals surface area contributed by atoms with E-state index in [2.05, 4.69) is 15.5 Å². The average molecular weight is 460 g/mol. The summed E-state index contributed by atoms with van der Waals surface area (Å²) in [4.78, 5) is 27.3. The van der Waals surface area contributed by atoms with E-state index in [1.807, 2.05) is 37.3 Å².